The van der Waals surface area contributed by atoms with E-state index in [9.17, 15) is 9.90 Å². The number of hydrogen-bond acceptors (Lipinski definition) is 5. The van der Waals surface area contributed by atoms with Crippen LogP contribution < -0.4 is 0 Å². The Hall–Kier alpha value is -2.40. The molecule has 0 bridgehead atoms. The molecule has 0 fully saturated rings. The summed E-state index contributed by atoms with van der Waals surface area (Å²) in [6.45, 7) is 0. The SMILES string of the molecule is O=Cc1ncc2ccc(Sc3ccccn3)cc2c1O. The van der Waals surface area contributed by atoms with Gasteiger partial charge in [0.25, 0.3) is 0 Å². The standard InChI is InChI=1S/C15H10N2O2S/c18-9-13-15(19)12-7-11(5-4-10(12)8-17-13)20-14-3-1-2-6-16-14/h1-9,19H. The van der Waals surface area contributed by atoms with E-state index >= 15 is 0 Å². The van der Waals surface area contributed by atoms with Gasteiger partial charge in [-0.3, -0.25) is 4.79 Å². The maximum atomic E-state index is 10.8. The molecule has 2 aromatic heterocycles. The van der Waals surface area contributed by atoms with E-state index in [1.807, 2.05) is 36.4 Å². The van der Waals surface area contributed by atoms with Crippen molar-refractivity contribution in [3.05, 3.63) is 54.5 Å². The van der Waals surface area contributed by atoms with Crippen LogP contribution in [0.2, 0.25) is 0 Å². The highest BCUT2D eigenvalue weighted by Gasteiger charge is 2.08. The second-order valence-electron chi connectivity index (χ2n) is 4.13. The lowest BCUT2D eigenvalue weighted by atomic mass is 10.1. The lowest BCUT2D eigenvalue weighted by Gasteiger charge is -2.05. The van der Waals surface area contributed by atoms with Crippen LogP contribution in [0.3, 0.4) is 0 Å². The number of hydrogen-bond donors (Lipinski definition) is 1. The van der Waals surface area contributed by atoms with Crippen LogP contribution in [0.25, 0.3) is 10.8 Å². The number of nitrogens with zero attached hydrogens (tertiary/aromatic N) is 2. The zero-order chi connectivity index (χ0) is 13.9. The van der Waals surface area contributed by atoms with Gasteiger partial charge < -0.3 is 5.11 Å². The average molecular weight is 282 g/mol. The summed E-state index contributed by atoms with van der Waals surface area (Å²) in [6.07, 6.45) is 3.86. The summed E-state index contributed by atoms with van der Waals surface area (Å²) in [5, 5.41) is 12.3. The number of aromatic hydroxyl groups is 1. The summed E-state index contributed by atoms with van der Waals surface area (Å²) in [6, 6.07) is 11.3. The molecular weight excluding hydrogens is 272 g/mol. The van der Waals surface area contributed by atoms with Crippen molar-refractivity contribution in [3.63, 3.8) is 0 Å². The molecule has 2 heterocycles. The summed E-state index contributed by atoms with van der Waals surface area (Å²) >= 11 is 1.49. The van der Waals surface area contributed by atoms with Crippen molar-refractivity contribution in [3.8, 4) is 5.75 Å². The largest absolute Gasteiger partial charge is 0.505 e. The molecule has 0 aliphatic carbocycles. The molecular formula is C15H10N2O2S. The summed E-state index contributed by atoms with van der Waals surface area (Å²) in [4.78, 5) is 19.9. The first-order valence-electron chi connectivity index (χ1n) is 5.94. The number of aromatic nitrogens is 2. The van der Waals surface area contributed by atoms with Gasteiger partial charge in [0, 0.05) is 28.1 Å². The summed E-state index contributed by atoms with van der Waals surface area (Å²) in [5.74, 6) is -0.0824. The van der Waals surface area contributed by atoms with E-state index in [2.05, 4.69) is 9.97 Å². The molecule has 20 heavy (non-hydrogen) atoms. The number of carbonyl (C=O) groups is 1. The minimum absolute atomic E-state index is 0.0532. The molecule has 5 heteroatoms. The monoisotopic (exact) mass is 282 g/mol. The molecule has 0 radical (unpaired) electrons. The zero-order valence-corrected chi connectivity index (χ0v) is 11.2. The normalized spacial score (nSPS) is 10.6. The molecule has 0 aliphatic rings. The molecule has 0 aliphatic heterocycles. The Morgan fingerprint density at radius 3 is 2.80 bits per heavy atom. The molecule has 0 amide bonds. The maximum Gasteiger partial charge on any atom is 0.172 e. The van der Waals surface area contributed by atoms with Crippen LogP contribution in [0.1, 0.15) is 10.5 Å². The lowest BCUT2D eigenvalue weighted by molar-refractivity contribution is 0.111. The van der Waals surface area contributed by atoms with Gasteiger partial charge in [0.2, 0.25) is 0 Å². The molecule has 0 spiro atoms. The fourth-order valence-electron chi connectivity index (χ4n) is 1.87. The summed E-state index contributed by atoms with van der Waals surface area (Å²) in [5.41, 5.74) is 0.0532. The Balaban J connectivity index is 2.05. The topological polar surface area (TPSA) is 63.1 Å². The third-order valence-corrected chi connectivity index (χ3v) is 3.78. The number of aldehydes is 1. The fraction of sp³-hybridized carbons (Fsp3) is 0. The molecule has 1 N–H and O–H groups in total. The molecule has 1 aromatic carbocycles. The van der Waals surface area contributed by atoms with Crippen LogP contribution in [-0.4, -0.2) is 21.4 Å². The highest BCUT2D eigenvalue weighted by atomic mass is 32.2. The second-order valence-corrected chi connectivity index (χ2v) is 5.22. The van der Waals surface area contributed by atoms with E-state index in [0.29, 0.717) is 11.7 Å². The van der Waals surface area contributed by atoms with Gasteiger partial charge in [0.1, 0.15) is 10.7 Å². The third-order valence-electron chi connectivity index (χ3n) is 2.84. The minimum atomic E-state index is -0.0824. The van der Waals surface area contributed by atoms with Crippen LogP contribution in [-0.2, 0) is 0 Å². The number of rotatable bonds is 3. The van der Waals surface area contributed by atoms with Crippen molar-refractivity contribution in [1.82, 2.24) is 9.97 Å². The Morgan fingerprint density at radius 2 is 2.05 bits per heavy atom. The van der Waals surface area contributed by atoms with E-state index in [1.165, 1.54) is 11.8 Å². The maximum absolute atomic E-state index is 10.8. The fourth-order valence-corrected chi connectivity index (χ4v) is 2.68. The second kappa shape index (κ2) is 5.30. The first-order chi connectivity index (χ1) is 9.78. The first-order valence-corrected chi connectivity index (χ1v) is 6.75. The molecule has 3 aromatic rings. The van der Waals surface area contributed by atoms with Crippen LogP contribution >= 0.6 is 11.8 Å². The number of benzene rings is 1. The molecule has 0 saturated carbocycles. The zero-order valence-electron chi connectivity index (χ0n) is 10.4. The van der Waals surface area contributed by atoms with Crippen molar-refractivity contribution < 1.29 is 9.90 Å². The van der Waals surface area contributed by atoms with Crippen molar-refractivity contribution in [1.29, 1.82) is 0 Å². The van der Waals surface area contributed by atoms with E-state index in [0.717, 1.165) is 15.3 Å². The Morgan fingerprint density at radius 1 is 1.15 bits per heavy atom. The number of fused-ring (bicyclic) bond motifs is 1. The van der Waals surface area contributed by atoms with Gasteiger partial charge in [-0.1, -0.05) is 23.9 Å². The molecule has 4 nitrogen and oxygen atoms in total. The van der Waals surface area contributed by atoms with E-state index < -0.39 is 0 Å². The smallest absolute Gasteiger partial charge is 0.172 e. The number of carbonyl (C=O) groups excluding carboxylic acids is 1. The quantitative estimate of drug-likeness (QED) is 0.747. The molecule has 98 valence electrons. The Labute approximate surface area is 119 Å². The van der Waals surface area contributed by atoms with Crippen LogP contribution in [0.5, 0.6) is 5.75 Å². The van der Waals surface area contributed by atoms with Gasteiger partial charge in [0.15, 0.2) is 12.0 Å². The Kier molecular flexibility index (Phi) is 3.35. The van der Waals surface area contributed by atoms with Crippen molar-refractivity contribution in [2.45, 2.75) is 9.92 Å². The highest BCUT2D eigenvalue weighted by Crippen LogP contribution is 2.32. The predicted octanol–water partition coefficient (Wildman–Crippen LogP) is 3.30. The van der Waals surface area contributed by atoms with Crippen LogP contribution in [0, 0.1) is 0 Å². The lowest BCUT2D eigenvalue weighted by Crippen LogP contribution is -1.89. The van der Waals surface area contributed by atoms with Gasteiger partial charge in [0.05, 0.1) is 0 Å². The number of pyridine rings is 2. The highest BCUT2D eigenvalue weighted by molar-refractivity contribution is 7.99. The van der Waals surface area contributed by atoms with Gasteiger partial charge in [-0.05, 0) is 24.3 Å². The Bertz CT molecular complexity index is 775. The first kappa shape index (κ1) is 12.6. The summed E-state index contributed by atoms with van der Waals surface area (Å²) in [7, 11) is 0. The predicted molar refractivity (Wildman–Crippen MR) is 77.2 cm³/mol. The van der Waals surface area contributed by atoms with Crippen molar-refractivity contribution in [2.24, 2.45) is 0 Å². The van der Waals surface area contributed by atoms with Gasteiger partial charge in [-0.2, -0.15) is 0 Å². The van der Waals surface area contributed by atoms with E-state index in [4.69, 9.17) is 0 Å². The van der Waals surface area contributed by atoms with Gasteiger partial charge >= 0.3 is 0 Å². The minimum Gasteiger partial charge on any atom is -0.505 e. The molecule has 0 saturated heterocycles. The van der Waals surface area contributed by atoms with Gasteiger partial charge in [-0.15, -0.1) is 0 Å². The van der Waals surface area contributed by atoms with E-state index in [1.54, 1.807) is 12.4 Å². The molecule has 0 atom stereocenters. The summed E-state index contributed by atoms with van der Waals surface area (Å²) < 4.78 is 0. The third kappa shape index (κ3) is 2.35. The van der Waals surface area contributed by atoms with Crippen LogP contribution in [0.15, 0.2) is 58.7 Å². The molecule has 0 unspecified atom stereocenters. The molecule has 3 rings (SSSR count). The van der Waals surface area contributed by atoms with Gasteiger partial charge in [-0.25, -0.2) is 9.97 Å². The van der Waals surface area contributed by atoms with Crippen LogP contribution in [0.4, 0.5) is 0 Å². The average Bonchev–Trinajstić information content (AvgIpc) is 2.49. The van der Waals surface area contributed by atoms with Crippen molar-refractivity contribution >= 4 is 28.8 Å². The van der Waals surface area contributed by atoms with Crippen molar-refractivity contribution in [2.75, 3.05) is 0 Å². The van der Waals surface area contributed by atoms with E-state index in [-0.39, 0.29) is 11.4 Å².